The SMILES string of the molecule is CCCC1CC1Nc1cc(C)c(F)cc1N. The first-order valence-electron chi connectivity index (χ1n) is 5.94. The van der Waals surface area contributed by atoms with Crippen LogP contribution in [-0.2, 0) is 0 Å². The van der Waals surface area contributed by atoms with E-state index >= 15 is 0 Å². The van der Waals surface area contributed by atoms with Crippen LogP contribution in [0.3, 0.4) is 0 Å². The minimum absolute atomic E-state index is 0.232. The molecule has 0 radical (unpaired) electrons. The van der Waals surface area contributed by atoms with E-state index in [0.717, 1.165) is 11.6 Å². The van der Waals surface area contributed by atoms with Gasteiger partial charge in [-0.15, -0.1) is 0 Å². The molecule has 16 heavy (non-hydrogen) atoms. The summed E-state index contributed by atoms with van der Waals surface area (Å²) in [5.41, 5.74) is 7.81. The number of hydrogen-bond acceptors (Lipinski definition) is 2. The second-order valence-electron chi connectivity index (χ2n) is 4.72. The Labute approximate surface area is 96.0 Å². The van der Waals surface area contributed by atoms with Gasteiger partial charge in [0.15, 0.2) is 0 Å². The lowest BCUT2D eigenvalue weighted by molar-refractivity contribution is 0.619. The number of nitrogens with one attached hydrogen (secondary N) is 1. The molecule has 88 valence electrons. The smallest absolute Gasteiger partial charge is 0.128 e. The maximum Gasteiger partial charge on any atom is 0.128 e. The van der Waals surface area contributed by atoms with Gasteiger partial charge in [0.2, 0.25) is 0 Å². The number of benzene rings is 1. The Kier molecular flexibility index (Phi) is 3.03. The quantitative estimate of drug-likeness (QED) is 0.767. The fraction of sp³-hybridized carbons (Fsp3) is 0.538. The van der Waals surface area contributed by atoms with Gasteiger partial charge in [0, 0.05) is 6.04 Å². The molecule has 0 heterocycles. The number of nitrogens with two attached hydrogens (primary N) is 1. The standard InChI is InChI=1S/C13H19FN2/c1-3-4-9-6-12(9)16-13-5-8(2)10(14)7-11(13)15/h5,7,9,12,16H,3-4,6,15H2,1-2H3. The van der Waals surface area contributed by atoms with Gasteiger partial charge >= 0.3 is 0 Å². The summed E-state index contributed by atoms with van der Waals surface area (Å²) in [5.74, 6) is 0.540. The van der Waals surface area contributed by atoms with Crippen LogP contribution in [0.25, 0.3) is 0 Å². The molecule has 1 aliphatic rings. The maximum absolute atomic E-state index is 13.2. The van der Waals surface area contributed by atoms with Crippen LogP contribution in [0.4, 0.5) is 15.8 Å². The predicted molar refractivity (Wildman–Crippen MR) is 66.0 cm³/mol. The van der Waals surface area contributed by atoms with Crippen molar-refractivity contribution in [3.05, 3.63) is 23.5 Å². The number of halogens is 1. The molecule has 0 spiro atoms. The van der Waals surface area contributed by atoms with Gasteiger partial charge in [-0.1, -0.05) is 13.3 Å². The molecule has 1 aromatic carbocycles. The molecule has 2 rings (SSSR count). The highest BCUT2D eigenvalue weighted by atomic mass is 19.1. The van der Waals surface area contributed by atoms with E-state index < -0.39 is 0 Å². The maximum atomic E-state index is 13.2. The van der Waals surface area contributed by atoms with Gasteiger partial charge in [0.1, 0.15) is 5.82 Å². The van der Waals surface area contributed by atoms with E-state index in [4.69, 9.17) is 5.73 Å². The first-order valence-corrected chi connectivity index (χ1v) is 5.94. The summed E-state index contributed by atoms with van der Waals surface area (Å²) < 4.78 is 13.2. The molecule has 1 saturated carbocycles. The molecule has 3 heteroatoms. The van der Waals surface area contributed by atoms with Crippen LogP contribution in [0.5, 0.6) is 0 Å². The Morgan fingerprint density at radius 1 is 1.50 bits per heavy atom. The number of aryl methyl sites for hydroxylation is 1. The van der Waals surface area contributed by atoms with Gasteiger partial charge in [-0.3, -0.25) is 0 Å². The van der Waals surface area contributed by atoms with Crippen molar-refractivity contribution in [1.29, 1.82) is 0 Å². The zero-order valence-electron chi connectivity index (χ0n) is 9.89. The first-order chi connectivity index (χ1) is 7.61. The van der Waals surface area contributed by atoms with Crippen LogP contribution in [-0.4, -0.2) is 6.04 Å². The Balaban J connectivity index is 2.03. The van der Waals surface area contributed by atoms with Crippen LogP contribution >= 0.6 is 0 Å². The summed E-state index contributed by atoms with van der Waals surface area (Å²) in [7, 11) is 0. The lowest BCUT2D eigenvalue weighted by Crippen LogP contribution is -2.07. The molecule has 2 atom stereocenters. The second-order valence-corrected chi connectivity index (χ2v) is 4.72. The van der Waals surface area contributed by atoms with Crippen molar-refractivity contribution in [3.63, 3.8) is 0 Å². The van der Waals surface area contributed by atoms with Crippen LogP contribution in [0.15, 0.2) is 12.1 Å². The summed E-state index contributed by atoms with van der Waals surface area (Å²) in [4.78, 5) is 0. The van der Waals surface area contributed by atoms with Crippen molar-refractivity contribution in [2.45, 2.75) is 39.2 Å². The minimum Gasteiger partial charge on any atom is -0.397 e. The molecule has 3 N–H and O–H groups in total. The summed E-state index contributed by atoms with van der Waals surface area (Å²) in [5, 5.41) is 3.40. The molecule has 0 amide bonds. The minimum atomic E-state index is -0.232. The van der Waals surface area contributed by atoms with Crippen LogP contribution in [0, 0.1) is 18.7 Å². The van der Waals surface area contributed by atoms with Crippen molar-refractivity contribution in [1.82, 2.24) is 0 Å². The summed E-state index contributed by atoms with van der Waals surface area (Å²) in [6, 6.07) is 3.73. The third-order valence-electron chi connectivity index (χ3n) is 3.25. The Morgan fingerprint density at radius 3 is 2.94 bits per heavy atom. The van der Waals surface area contributed by atoms with Crippen molar-refractivity contribution < 1.29 is 4.39 Å². The van der Waals surface area contributed by atoms with Gasteiger partial charge in [-0.25, -0.2) is 4.39 Å². The molecule has 1 fully saturated rings. The lowest BCUT2D eigenvalue weighted by Gasteiger charge is -2.10. The van der Waals surface area contributed by atoms with Gasteiger partial charge in [-0.05, 0) is 43.4 Å². The van der Waals surface area contributed by atoms with E-state index in [0.29, 0.717) is 17.3 Å². The Morgan fingerprint density at radius 2 is 2.25 bits per heavy atom. The summed E-state index contributed by atoms with van der Waals surface area (Å²) in [6.07, 6.45) is 3.70. The molecule has 2 nitrogen and oxygen atoms in total. The average Bonchev–Trinajstić information content (AvgIpc) is 2.94. The Bertz CT molecular complexity index is 390. The zero-order chi connectivity index (χ0) is 11.7. The van der Waals surface area contributed by atoms with Gasteiger partial charge in [-0.2, -0.15) is 0 Å². The molecular weight excluding hydrogens is 203 g/mol. The van der Waals surface area contributed by atoms with E-state index in [1.165, 1.54) is 25.3 Å². The van der Waals surface area contributed by atoms with Gasteiger partial charge in [0.05, 0.1) is 11.4 Å². The third kappa shape index (κ3) is 2.29. The highest BCUT2D eigenvalue weighted by molar-refractivity contribution is 5.68. The van der Waals surface area contributed by atoms with Gasteiger partial charge < -0.3 is 11.1 Å². The number of rotatable bonds is 4. The molecule has 0 bridgehead atoms. The highest BCUT2D eigenvalue weighted by Gasteiger charge is 2.36. The van der Waals surface area contributed by atoms with E-state index in [1.807, 2.05) is 0 Å². The molecule has 0 aliphatic heterocycles. The van der Waals surface area contributed by atoms with Crippen molar-refractivity contribution in [3.8, 4) is 0 Å². The van der Waals surface area contributed by atoms with E-state index in [2.05, 4.69) is 12.2 Å². The van der Waals surface area contributed by atoms with Crippen molar-refractivity contribution in [2.24, 2.45) is 5.92 Å². The molecule has 0 saturated heterocycles. The monoisotopic (exact) mass is 222 g/mol. The molecule has 1 aliphatic carbocycles. The van der Waals surface area contributed by atoms with Crippen LogP contribution in [0.2, 0.25) is 0 Å². The Hall–Kier alpha value is -1.25. The molecule has 1 aromatic rings. The lowest BCUT2D eigenvalue weighted by atomic mass is 10.1. The number of nitrogen functional groups attached to an aromatic ring is 1. The van der Waals surface area contributed by atoms with Crippen LogP contribution in [0.1, 0.15) is 31.7 Å². The van der Waals surface area contributed by atoms with Crippen molar-refractivity contribution >= 4 is 11.4 Å². The average molecular weight is 222 g/mol. The third-order valence-corrected chi connectivity index (χ3v) is 3.25. The second kappa shape index (κ2) is 4.32. The molecule has 2 unspecified atom stereocenters. The largest absolute Gasteiger partial charge is 0.397 e. The topological polar surface area (TPSA) is 38.0 Å². The first kappa shape index (κ1) is 11.2. The highest BCUT2D eigenvalue weighted by Crippen LogP contribution is 2.38. The zero-order valence-corrected chi connectivity index (χ0v) is 9.89. The van der Waals surface area contributed by atoms with Crippen molar-refractivity contribution in [2.75, 3.05) is 11.1 Å². The number of hydrogen-bond donors (Lipinski definition) is 2. The summed E-state index contributed by atoms with van der Waals surface area (Å²) >= 11 is 0. The molecule has 0 aromatic heterocycles. The fourth-order valence-electron chi connectivity index (χ4n) is 2.14. The van der Waals surface area contributed by atoms with Gasteiger partial charge in [0.25, 0.3) is 0 Å². The van der Waals surface area contributed by atoms with Crippen LogP contribution < -0.4 is 11.1 Å². The summed E-state index contributed by atoms with van der Waals surface area (Å²) in [6.45, 7) is 3.96. The number of anilines is 2. The van der Waals surface area contributed by atoms with E-state index in [9.17, 15) is 4.39 Å². The predicted octanol–water partition coefficient (Wildman–Crippen LogP) is 3.32. The van der Waals surface area contributed by atoms with E-state index in [1.54, 1.807) is 13.0 Å². The molecular formula is C13H19FN2. The van der Waals surface area contributed by atoms with E-state index in [-0.39, 0.29) is 5.82 Å². The fourth-order valence-corrected chi connectivity index (χ4v) is 2.14. The normalized spacial score (nSPS) is 23.2.